The number of rotatable bonds is 8. The minimum atomic E-state index is -0.793. The number of anilines is 1. The Hall–Kier alpha value is -4.04. The summed E-state index contributed by atoms with van der Waals surface area (Å²) in [6.45, 7) is 0. The first-order chi connectivity index (χ1) is 16.1. The topological polar surface area (TPSA) is 80.3 Å². The number of carbonyl (C=O) groups is 2. The maximum atomic E-state index is 13.0. The smallest absolute Gasteiger partial charge is 0.262 e. The lowest BCUT2D eigenvalue weighted by molar-refractivity contribution is -0.118. The molecule has 8 heteroatoms. The van der Waals surface area contributed by atoms with Crippen molar-refractivity contribution in [1.29, 1.82) is 0 Å². The number of benzene rings is 2. The van der Waals surface area contributed by atoms with E-state index >= 15 is 0 Å². The number of thiophene rings is 1. The van der Waals surface area contributed by atoms with Crippen LogP contribution in [0.25, 0.3) is 0 Å². The van der Waals surface area contributed by atoms with Crippen LogP contribution < -0.4 is 15.4 Å². The molecular weight excluding hydrogens is 441 g/mol. The Balaban J connectivity index is 1.43. The zero-order valence-corrected chi connectivity index (χ0v) is 18.2. The molecule has 6 nitrogen and oxygen atoms in total. The van der Waals surface area contributed by atoms with E-state index in [0.29, 0.717) is 28.6 Å². The van der Waals surface area contributed by atoms with Crippen molar-refractivity contribution in [2.24, 2.45) is 0 Å². The first-order valence-corrected chi connectivity index (χ1v) is 11.0. The molecule has 2 amide bonds. The van der Waals surface area contributed by atoms with E-state index in [1.54, 1.807) is 29.6 Å². The van der Waals surface area contributed by atoms with E-state index in [2.05, 4.69) is 15.6 Å². The number of nitrogens with zero attached hydrogens (tertiary/aromatic N) is 1. The highest BCUT2D eigenvalue weighted by Crippen LogP contribution is 2.22. The van der Waals surface area contributed by atoms with Gasteiger partial charge in [0.05, 0.1) is 11.1 Å². The summed E-state index contributed by atoms with van der Waals surface area (Å²) in [6.07, 6.45) is 1.78. The zero-order valence-electron chi connectivity index (χ0n) is 17.4. The van der Waals surface area contributed by atoms with Crippen LogP contribution in [0.1, 0.15) is 15.2 Å². The molecule has 0 saturated carbocycles. The Morgan fingerprint density at radius 1 is 0.939 bits per heavy atom. The fourth-order valence-corrected chi connectivity index (χ4v) is 3.69. The summed E-state index contributed by atoms with van der Waals surface area (Å²) in [4.78, 5) is 30.3. The third-order valence-corrected chi connectivity index (χ3v) is 5.56. The van der Waals surface area contributed by atoms with Gasteiger partial charge in [-0.2, -0.15) is 0 Å². The minimum absolute atomic E-state index is 0.308. The Morgan fingerprint density at radius 3 is 2.36 bits per heavy atom. The lowest BCUT2D eigenvalue weighted by atomic mass is 10.1. The van der Waals surface area contributed by atoms with Crippen LogP contribution in [0.5, 0.6) is 11.5 Å². The van der Waals surface area contributed by atoms with Gasteiger partial charge in [-0.25, -0.2) is 9.37 Å². The molecule has 2 heterocycles. The molecule has 0 fully saturated rings. The van der Waals surface area contributed by atoms with Gasteiger partial charge in [0.25, 0.3) is 5.91 Å². The van der Waals surface area contributed by atoms with Crippen molar-refractivity contribution in [3.05, 3.63) is 107 Å². The number of hydrogen-bond acceptors (Lipinski definition) is 5. The monoisotopic (exact) mass is 461 g/mol. The second-order valence-corrected chi connectivity index (χ2v) is 8.07. The van der Waals surface area contributed by atoms with Gasteiger partial charge in [-0.3, -0.25) is 9.59 Å². The van der Waals surface area contributed by atoms with Gasteiger partial charge in [0.2, 0.25) is 5.91 Å². The third-order valence-electron chi connectivity index (χ3n) is 4.69. The molecule has 1 atom stereocenters. The largest absolute Gasteiger partial charge is 0.456 e. The summed E-state index contributed by atoms with van der Waals surface area (Å²) in [6, 6.07) is 21.0. The number of ether oxygens (including phenoxy) is 1. The fraction of sp³-hybridized carbons (Fsp3) is 0.0800. The van der Waals surface area contributed by atoms with Crippen LogP contribution in [0.3, 0.4) is 0 Å². The molecule has 33 heavy (non-hydrogen) atoms. The molecule has 4 aromatic rings. The summed E-state index contributed by atoms with van der Waals surface area (Å²) in [5.74, 6) is 0.172. The summed E-state index contributed by atoms with van der Waals surface area (Å²) >= 11 is 1.31. The van der Waals surface area contributed by atoms with E-state index in [1.807, 2.05) is 30.3 Å². The van der Waals surface area contributed by atoms with Crippen molar-refractivity contribution in [1.82, 2.24) is 10.3 Å². The SMILES string of the molecule is O=C(NC(Cc1ccccc1)C(=O)Nc1ccc(Oc2ccc(F)cc2)cn1)c1cccs1. The number of halogens is 1. The summed E-state index contributed by atoms with van der Waals surface area (Å²) < 4.78 is 18.6. The molecule has 2 aromatic carbocycles. The van der Waals surface area contributed by atoms with Crippen molar-refractivity contribution in [2.45, 2.75) is 12.5 Å². The zero-order chi connectivity index (χ0) is 23.0. The van der Waals surface area contributed by atoms with Crippen LogP contribution in [-0.4, -0.2) is 22.8 Å². The van der Waals surface area contributed by atoms with Crippen molar-refractivity contribution in [2.75, 3.05) is 5.32 Å². The van der Waals surface area contributed by atoms with Gasteiger partial charge < -0.3 is 15.4 Å². The molecule has 166 valence electrons. The number of amides is 2. The number of nitrogens with one attached hydrogen (secondary N) is 2. The Morgan fingerprint density at radius 2 is 1.70 bits per heavy atom. The number of hydrogen-bond donors (Lipinski definition) is 2. The highest BCUT2D eigenvalue weighted by atomic mass is 32.1. The van der Waals surface area contributed by atoms with E-state index in [-0.39, 0.29) is 17.6 Å². The Bertz CT molecular complexity index is 1200. The van der Waals surface area contributed by atoms with E-state index in [1.165, 1.54) is 41.8 Å². The summed E-state index contributed by atoms with van der Waals surface area (Å²) in [5, 5.41) is 7.36. The van der Waals surface area contributed by atoms with Crippen molar-refractivity contribution < 1.29 is 18.7 Å². The molecule has 0 radical (unpaired) electrons. The number of aromatic nitrogens is 1. The van der Waals surface area contributed by atoms with Crippen LogP contribution in [0.4, 0.5) is 10.2 Å². The van der Waals surface area contributed by atoms with Crippen LogP contribution in [0, 0.1) is 5.82 Å². The molecule has 0 bridgehead atoms. The lowest BCUT2D eigenvalue weighted by Gasteiger charge is -2.18. The average molecular weight is 462 g/mol. The standard InChI is InChI=1S/C25H20FN3O3S/c26-18-8-10-19(11-9-18)32-20-12-13-23(27-16-20)29-24(30)21(15-17-5-2-1-3-6-17)28-25(31)22-7-4-14-33-22/h1-14,16,21H,15H2,(H,28,31)(H,27,29,30). The molecule has 0 saturated heterocycles. The second-order valence-electron chi connectivity index (χ2n) is 7.12. The maximum absolute atomic E-state index is 13.0. The molecule has 0 aliphatic carbocycles. The van der Waals surface area contributed by atoms with Crippen LogP contribution in [-0.2, 0) is 11.2 Å². The normalized spacial score (nSPS) is 11.4. The molecule has 0 aliphatic rings. The van der Waals surface area contributed by atoms with Gasteiger partial charge in [0.15, 0.2) is 0 Å². The highest BCUT2D eigenvalue weighted by molar-refractivity contribution is 7.12. The molecular formula is C25H20FN3O3S. The van der Waals surface area contributed by atoms with Gasteiger partial charge in [0.1, 0.15) is 29.2 Å². The molecule has 2 aromatic heterocycles. The van der Waals surface area contributed by atoms with Gasteiger partial charge in [0, 0.05) is 6.42 Å². The first-order valence-electron chi connectivity index (χ1n) is 10.2. The summed E-state index contributed by atoms with van der Waals surface area (Å²) in [5.41, 5.74) is 0.917. The minimum Gasteiger partial charge on any atom is -0.456 e. The molecule has 0 spiro atoms. The van der Waals surface area contributed by atoms with Gasteiger partial charge in [-0.15, -0.1) is 11.3 Å². The molecule has 0 aliphatic heterocycles. The van der Waals surface area contributed by atoms with E-state index in [9.17, 15) is 14.0 Å². The van der Waals surface area contributed by atoms with E-state index < -0.39 is 6.04 Å². The number of carbonyl (C=O) groups excluding carboxylic acids is 2. The van der Waals surface area contributed by atoms with E-state index in [4.69, 9.17) is 4.74 Å². The van der Waals surface area contributed by atoms with Crippen molar-refractivity contribution >= 4 is 29.0 Å². The quantitative estimate of drug-likeness (QED) is 0.385. The predicted octanol–water partition coefficient (Wildman–Crippen LogP) is 5.05. The molecule has 2 N–H and O–H groups in total. The van der Waals surface area contributed by atoms with Crippen molar-refractivity contribution in [3.63, 3.8) is 0 Å². The van der Waals surface area contributed by atoms with Gasteiger partial charge in [-0.05, 0) is 53.4 Å². The second kappa shape index (κ2) is 10.5. The van der Waals surface area contributed by atoms with E-state index in [0.717, 1.165) is 5.56 Å². The fourth-order valence-electron chi connectivity index (χ4n) is 3.06. The lowest BCUT2D eigenvalue weighted by Crippen LogP contribution is -2.45. The predicted molar refractivity (Wildman–Crippen MR) is 125 cm³/mol. The van der Waals surface area contributed by atoms with Crippen LogP contribution in [0.2, 0.25) is 0 Å². The first kappa shape index (κ1) is 22.2. The van der Waals surface area contributed by atoms with Gasteiger partial charge >= 0.3 is 0 Å². The third kappa shape index (κ3) is 6.24. The maximum Gasteiger partial charge on any atom is 0.262 e. The molecule has 1 unspecified atom stereocenters. The van der Waals surface area contributed by atoms with Crippen LogP contribution in [0.15, 0.2) is 90.4 Å². The number of pyridine rings is 1. The Kier molecular flexibility index (Phi) is 7.06. The Labute approximate surface area is 194 Å². The molecule has 4 rings (SSSR count). The average Bonchev–Trinajstić information content (AvgIpc) is 3.37. The van der Waals surface area contributed by atoms with Crippen molar-refractivity contribution in [3.8, 4) is 11.5 Å². The highest BCUT2D eigenvalue weighted by Gasteiger charge is 2.23. The van der Waals surface area contributed by atoms with Gasteiger partial charge in [-0.1, -0.05) is 36.4 Å². The van der Waals surface area contributed by atoms with Crippen LogP contribution >= 0.6 is 11.3 Å². The summed E-state index contributed by atoms with van der Waals surface area (Å²) in [7, 11) is 0.